The smallest absolute Gasteiger partial charge is 0.309 e. The highest BCUT2D eigenvalue weighted by atomic mass is 19.1. The minimum absolute atomic E-state index is 0.00187. The number of hydrogen-bond donors (Lipinski definition) is 3. The Kier molecular flexibility index (Phi) is 5.02. The molecular weight excluding hydrogens is 297 g/mol. The number of nitrogens with one attached hydrogen (secondary N) is 1. The third kappa shape index (κ3) is 3.90. The highest BCUT2D eigenvalue weighted by Crippen LogP contribution is 2.27. The van der Waals surface area contributed by atoms with Crippen molar-refractivity contribution in [1.29, 1.82) is 0 Å². The molecule has 0 radical (unpaired) electrons. The Labute approximate surface area is 125 Å². The predicted molar refractivity (Wildman–Crippen MR) is 75.8 cm³/mol. The zero-order valence-electron chi connectivity index (χ0n) is 12.1. The standard InChI is InChI=1S/C13H16FN3O5/c1-13(2,12(19)20)3-4-16-11(18)8-5-7(14)6-9(10(8)15)17(21)22/h5-6H,3-4,15H2,1-2H3,(H,16,18)(H,19,20). The first kappa shape index (κ1) is 17.3. The van der Waals surface area contributed by atoms with Crippen LogP contribution in [0.4, 0.5) is 15.8 Å². The zero-order chi connectivity index (χ0) is 17.1. The monoisotopic (exact) mass is 313 g/mol. The van der Waals surface area contributed by atoms with Gasteiger partial charge >= 0.3 is 5.97 Å². The van der Waals surface area contributed by atoms with Gasteiger partial charge in [0.05, 0.1) is 22.0 Å². The second-order valence-electron chi connectivity index (χ2n) is 5.34. The van der Waals surface area contributed by atoms with Crippen LogP contribution in [0.1, 0.15) is 30.6 Å². The van der Waals surface area contributed by atoms with Gasteiger partial charge in [-0.25, -0.2) is 4.39 Å². The second-order valence-corrected chi connectivity index (χ2v) is 5.34. The number of carbonyl (C=O) groups excluding carboxylic acids is 1. The van der Waals surface area contributed by atoms with Crippen molar-refractivity contribution >= 4 is 23.3 Å². The van der Waals surface area contributed by atoms with Gasteiger partial charge < -0.3 is 16.2 Å². The Hall–Kier alpha value is -2.71. The summed E-state index contributed by atoms with van der Waals surface area (Å²) < 4.78 is 13.3. The summed E-state index contributed by atoms with van der Waals surface area (Å²) in [6, 6.07) is 1.42. The van der Waals surface area contributed by atoms with Crippen LogP contribution in [0, 0.1) is 21.3 Å². The van der Waals surface area contributed by atoms with Crippen LogP contribution < -0.4 is 11.1 Å². The van der Waals surface area contributed by atoms with Crippen LogP contribution in [-0.4, -0.2) is 28.5 Å². The molecule has 4 N–H and O–H groups in total. The molecule has 1 amide bonds. The molecule has 0 bridgehead atoms. The molecule has 0 saturated carbocycles. The lowest BCUT2D eigenvalue weighted by Gasteiger charge is -2.19. The maximum absolute atomic E-state index is 13.3. The molecule has 0 aliphatic rings. The van der Waals surface area contributed by atoms with E-state index in [-0.39, 0.29) is 18.5 Å². The number of nitrogen functional groups attached to an aromatic ring is 1. The number of carboxylic acids is 1. The number of hydrogen-bond acceptors (Lipinski definition) is 5. The first-order valence-electron chi connectivity index (χ1n) is 6.31. The van der Waals surface area contributed by atoms with Gasteiger partial charge in [-0.1, -0.05) is 0 Å². The van der Waals surface area contributed by atoms with E-state index in [1.54, 1.807) is 0 Å². The average Bonchev–Trinajstić information content (AvgIpc) is 2.40. The van der Waals surface area contributed by atoms with Crippen molar-refractivity contribution in [2.75, 3.05) is 12.3 Å². The fraction of sp³-hybridized carbons (Fsp3) is 0.385. The average molecular weight is 313 g/mol. The fourth-order valence-electron chi connectivity index (χ4n) is 1.63. The van der Waals surface area contributed by atoms with Gasteiger partial charge in [-0.15, -0.1) is 0 Å². The van der Waals surface area contributed by atoms with Crippen LogP contribution in [0.2, 0.25) is 0 Å². The minimum Gasteiger partial charge on any atom is -0.481 e. The van der Waals surface area contributed by atoms with E-state index in [1.165, 1.54) is 13.8 Å². The van der Waals surface area contributed by atoms with E-state index in [4.69, 9.17) is 10.8 Å². The SMILES string of the molecule is CC(C)(CCNC(=O)c1cc(F)cc([N+](=O)[O-])c1N)C(=O)O. The molecule has 0 aliphatic heterocycles. The van der Waals surface area contributed by atoms with Crippen molar-refractivity contribution in [3.63, 3.8) is 0 Å². The van der Waals surface area contributed by atoms with Crippen molar-refractivity contribution in [3.05, 3.63) is 33.6 Å². The fourth-order valence-corrected chi connectivity index (χ4v) is 1.63. The molecule has 0 aliphatic carbocycles. The van der Waals surface area contributed by atoms with Gasteiger partial charge in [0.1, 0.15) is 11.5 Å². The summed E-state index contributed by atoms with van der Waals surface area (Å²) in [5, 5.41) is 22.0. The first-order valence-corrected chi connectivity index (χ1v) is 6.31. The summed E-state index contributed by atoms with van der Waals surface area (Å²) in [5.74, 6) is -2.79. The quantitative estimate of drug-likeness (QED) is 0.414. The van der Waals surface area contributed by atoms with Gasteiger partial charge in [0, 0.05) is 6.54 Å². The summed E-state index contributed by atoms with van der Waals surface area (Å²) in [5.41, 5.74) is 2.95. The van der Waals surface area contributed by atoms with Gasteiger partial charge in [0.15, 0.2) is 0 Å². The molecule has 9 heteroatoms. The molecule has 22 heavy (non-hydrogen) atoms. The van der Waals surface area contributed by atoms with Crippen molar-refractivity contribution in [3.8, 4) is 0 Å². The molecule has 0 aromatic heterocycles. The van der Waals surface area contributed by atoms with Gasteiger partial charge in [-0.05, 0) is 26.3 Å². The lowest BCUT2D eigenvalue weighted by molar-refractivity contribution is -0.384. The summed E-state index contributed by atoms with van der Waals surface area (Å²) in [6.45, 7) is 2.98. The van der Waals surface area contributed by atoms with Crippen LogP contribution in [-0.2, 0) is 4.79 Å². The molecule has 120 valence electrons. The summed E-state index contributed by atoms with van der Waals surface area (Å²) >= 11 is 0. The van der Waals surface area contributed by atoms with E-state index in [9.17, 15) is 24.1 Å². The molecule has 0 heterocycles. The van der Waals surface area contributed by atoms with Crippen molar-refractivity contribution in [2.24, 2.45) is 5.41 Å². The normalized spacial score (nSPS) is 11.0. The number of amides is 1. The van der Waals surface area contributed by atoms with Crippen LogP contribution in [0.25, 0.3) is 0 Å². The largest absolute Gasteiger partial charge is 0.481 e. The third-order valence-electron chi connectivity index (χ3n) is 3.18. The Balaban J connectivity index is 2.87. The molecule has 0 unspecified atom stereocenters. The van der Waals surface area contributed by atoms with E-state index in [0.717, 1.165) is 6.07 Å². The Bertz CT molecular complexity index is 630. The molecule has 0 fully saturated rings. The Morgan fingerprint density at radius 2 is 2.05 bits per heavy atom. The molecule has 1 rings (SSSR count). The number of anilines is 1. The van der Waals surface area contributed by atoms with Crippen LogP contribution in [0.15, 0.2) is 12.1 Å². The highest BCUT2D eigenvalue weighted by molar-refractivity contribution is 6.01. The number of carbonyl (C=O) groups is 2. The van der Waals surface area contributed by atoms with Gasteiger partial charge in [-0.2, -0.15) is 0 Å². The Morgan fingerprint density at radius 3 is 2.55 bits per heavy atom. The third-order valence-corrected chi connectivity index (χ3v) is 3.18. The molecule has 0 saturated heterocycles. The molecule has 1 aromatic rings. The van der Waals surface area contributed by atoms with E-state index in [0.29, 0.717) is 6.07 Å². The van der Waals surface area contributed by atoms with Crippen molar-refractivity contribution < 1.29 is 24.0 Å². The van der Waals surface area contributed by atoms with Gasteiger partial charge in [0.25, 0.3) is 11.6 Å². The van der Waals surface area contributed by atoms with Gasteiger partial charge in [-0.3, -0.25) is 19.7 Å². The Morgan fingerprint density at radius 1 is 1.45 bits per heavy atom. The molecule has 8 nitrogen and oxygen atoms in total. The minimum atomic E-state index is -1.05. The first-order chi connectivity index (χ1) is 10.1. The number of rotatable bonds is 6. The van der Waals surface area contributed by atoms with E-state index >= 15 is 0 Å². The van der Waals surface area contributed by atoms with Crippen LogP contribution >= 0.6 is 0 Å². The number of nitrogens with zero attached hydrogens (tertiary/aromatic N) is 1. The number of carboxylic acid groups (broad SMARTS) is 1. The molecule has 0 atom stereocenters. The predicted octanol–water partition coefficient (Wildman–Crippen LogP) is 1.55. The second kappa shape index (κ2) is 6.37. The number of halogens is 1. The molecular formula is C13H16FN3O5. The molecule has 0 spiro atoms. The maximum atomic E-state index is 13.3. The number of nitro groups is 1. The lowest BCUT2D eigenvalue weighted by atomic mass is 9.89. The van der Waals surface area contributed by atoms with Crippen LogP contribution in [0.3, 0.4) is 0 Å². The van der Waals surface area contributed by atoms with Crippen molar-refractivity contribution in [1.82, 2.24) is 5.32 Å². The van der Waals surface area contributed by atoms with Gasteiger partial charge in [0.2, 0.25) is 0 Å². The maximum Gasteiger partial charge on any atom is 0.309 e. The lowest BCUT2D eigenvalue weighted by Crippen LogP contribution is -2.32. The summed E-state index contributed by atoms with van der Waals surface area (Å²) in [4.78, 5) is 32.7. The summed E-state index contributed by atoms with van der Waals surface area (Å²) in [7, 11) is 0. The summed E-state index contributed by atoms with van der Waals surface area (Å²) in [6.07, 6.45) is 0.130. The van der Waals surface area contributed by atoms with E-state index in [1.807, 2.05) is 0 Å². The number of nitrogens with two attached hydrogens (primary N) is 1. The number of benzene rings is 1. The zero-order valence-corrected chi connectivity index (χ0v) is 12.1. The van der Waals surface area contributed by atoms with E-state index in [2.05, 4.69) is 5.32 Å². The van der Waals surface area contributed by atoms with Crippen molar-refractivity contribution in [2.45, 2.75) is 20.3 Å². The van der Waals surface area contributed by atoms with E-state index < -0.39 is 39.4 Å². The highest BCUT2D eigenvalue weighted by Gasteiger charge is 2.27. The topological polar surface area (TPSA) is 136 Å². The number of aliphatic carboxylic acids is 1. The molecule has 1 aromatic carbocycles. The van der Waals surface area contributed by atoms with Crippen LogP contribution in [0.5, 0.6) is 0 Å². The number of nitro benzene ring substituents is 1.